The maximum absolute atomic E-state index is 4.94. The van der Waals surface area contributed by atoms with Crippen LogP contribution >= 0.6 is 0 Å². The summed E-state index contributed by atoms with van der Waals surface area (Å²) in [4.78, 5) is 0. The first-order chi connectivity index (χ1) is 9.94. The van der Waals surface area contributed by atoms with Crippen molar-refractivity contribution in [2.45, 2.75) is 91.8 Å². The Morgan fingerprint density at radius 1 is 1.14 bits per heavy atom. The minimum Gasteiger partial charge on any atom is -0.308 e. The van der Waals surface area contributed by atoms with E-state index >= 15 is 0 Å². The van der Waals surface area contributed by atoms with Gasteiger partial charge < -0.3 is 5.32 Å². The van der Waals surface area contributed by atoms with Gasteiger partial charge in [-0.25, -0.2) is 0 Å². The summed E-state index contributed by atoms with van der Waals surface area (Å²) in [6.07, 6.45) is 7.71. The molecule has 120 valence electrons. The second-order valence-electron chi connectivity index (χ2n) is 7.52. The van der Waals surface area contributed by atoms with Gasteiger partial charge in [0.1, 0.15) is 0 Å². The van der Waals surface area contributed by atoms with E-state index in [9.17, 15) is 0 Å². The molecular formula is C18H33N3. The average molecular weight is 291 g/mol. The molecule has 0 unspecified atom stereocenters. The fourth-order valence-corrected chi connectivity index (χ4v) is 3.41. The molecule has 1 aliphatic rings. The SMILES string of the molecule is CCc1nn(CC2CCCC2)c(CC)c1CNC(C)(C)C. The second kappa shape index (κ2) is 6.95. The van der Waals surface area contributed by atoms with Crippen LogP contribution in [-0.4, -0.2) is 15.3 Å². The molecule has 0 bridgehead atoms. The molecule has 2 rings (SSSR count). The standard InChI is InChI=1S/C18H33N3/c1-6-16-15(12-19-18(3,4)5)17(7-2)21(20-16)13-14-10-8-9-11-14/h14,19H,6-13H2,1-5H3. The zero-order valence-corrected chi connectivity index (χ0v) is 14.6. The van der Waals surface area contributed by atoms with Crippen LogP contribution in [0.15, 0.2) is 0 Å². The van der Waals surface area contributed by atoms with E-state index in [4.69, 9.17) is 5.10 Å². The maximum Gasteiger partial charge on any atom is 0.0669 e. The van der Waals surface area contributed by atoms with E-state index < -0.39 is 0 Å². The molecule has 1 N–H and O–H groups in total. The third kappa shape index (κ3) is 4.32. The van der Waals surface area contributed by atoms with Crippen LogP contribution in [0.1, 0.15) is 77.3 Å². The Labute approximate surface area is 130 Å². The fraction of sp³-hybridized carbons (Fsp3) is 0.833. The minimum atomic E-state index is 0.156. The van der Waals surface area contributed by atoms with Gasteiger partial charge in [-0.05, 0) is 52.4 Å². The number of nitrogens with one attached hydrogen (secondary N) is 1. The van der Waals surface area contributed by atoms with Crippen LogP contribution in [0, 0.1) is 5.92 Å². The van der Waals surface area contributed by atoms with E-state index in [1.165, 1.54) is 42.6 Å². The van der Waals surface area contributed by atoms with Crippen LogP contribution in [-0.2, 0) is 25.9 Å². The Morgan fingerprint density at radius 3 is 2.33 bits per heavy atom. The van der Waals surface area contributed by atoms with Crippen LogP contribution in [0.5, 0.6) is 0 Å². The third-order valence-corrected chi connectivity index (χ3v) is 4.62. The second-order valence-corrected chi connectivity index (χ2v) is 7.52. The average Bonchev–Trinajstić information content (AvgIpc) is 3.03. The zero-order chi connectivity index (χ0) is 15.5. The van der Waals surface area contributed by atoms with Crippen molar-refractivity contribution in [3.8, 4) is 0 Å². The number of rotatable bonds is 6. The van der Waals surface area contributed by atoms with Crippen LogP contribution in [0.4, 0.5) is 0 Å². The fourth-order valence-electron chi connectivity index (χ4n) is 3.41. The van der Waals surface area contributed by atoms with Crippen molar-refractivity contribution in [3.05, 3.63) is 17.0 Å². The molecule has 1 aromatic rings. The van der Waals surface area contributed by atoms with Crippen molar-refractivity contribution in [2.24, 2.45) is 5.92 Å². The van der Waals surface area contributed by atoms with Gasteiger partial charge in [0.2, 0.25) is 0 Å². The first-order valence-electron chi connectivity index (χ1n) is 8.77. The molecule has 1 heterocycles. The molecular weight excluding hydrogens is 258 g/mol. The highest BCUT2D eigenvalue weighted by Gasteiger charge is 2.21. The van der Waals surface area contributed by atoms with Crippen LogP contribution < -0.4 is 5.32 Å². The summed E-state index contributed by atoms with van der Waals surface area (Å²) >= 11 is 0. The van der Waals surface area contributed by atoms with E-state index in [0.717, 1.165) is 31.8 Å². The van der Waals surface area contributed by atoms with E-state index in [1.54, 1.807) is 0 Å². The molecule has 1 fully saturated rings. The van der Waals surface area contributed by atoms with Crippen LogP contribution in [0.3, 0.4) is 0 Å². The van der Waals surface area contributed by atoms with Crippen molar-refractivity contribution < 1.29 is 0 Å². The van der Waals surface area contributed by atoms with E-state index in [0.29, 0.717) is 0 Å². The maximum atomic E-state index is 4.94. The highest BCUT2D eigenvalue weighted by molar-refractivity contribution is 5.27. The number of hydrogen-bond acceptors (Lipinski definition) is 2. The molecule has 0 aliphatic heterocycles. The molecule has 0 amide bonds. The molecule has 0 spiro atoms. The normalized spacial score (nSPS) is 16.8. The van der Waals surface area contributed by atoms with Crippen molar-refractivity contribution in [3.63, 3.8) is 0 Å². The number of aryl methyl sites for hydroxylation is 1. The summed E-state index contributed by atoms with van der Waals surface area (Å²) in [5.41, 5.74) is 4.36. The van der Waals surface area contributed by atoms with Gasteiger partial charge >= 0.3 is 0 Å². The summed E-state index contributed by atoms with van der Waals surface area (Å²) < 4.78 is 2.33. The van der Waals surface area contributed by atoms with E-state index in [1.807, 2.05) is 0 Å². The van der Waals surface area contributed by atoms with Crippen LogP contribution in [0.25, 0.3) is 0 Å². The number of aromatic nitrogens is 2. The molecule has 3 nitrogen and oxygen atoms in total. The molecule has 1 aliphatic carbocycles. The molecule has 3 heteroatoms. The molecule has 0 radical (unpaired) electrons. The Hall–Kier alpha value is -0.830. The minimum absolute atomic E-state index is 0.156. The van der Waals surface area contributed by atoms with Gasteiger partial charge in [-0.1, -0.05) is 26.7 Å². The summed E-state index contributed by atoms with van der Waals surface area (Å²) in [5, 5.41) is 8.58. The quantitative estimate of drug-likeness (QED) is 0.855. The predicted molar refractivity (Wildman–Crippen MR) is 89.5 cm³/mol. The van der Waals surface area contributed by atoms with Gasteiger partial charge in [0.15, 0.2) is 0 Å². The topological polar surface area (TPSA) is 29.9 Å². The summed E-state index contributed by atoms with van der Waals surface area (Å²) in [7, 11) is 0. The van der Waals surface area contributed by atoms with Gasteiger partial charge in [-0.15, -0.1) is 0 Å². The molecule has 21 heavy (non-hydrogen) atoms. The Morgan fingerprint density at radius 2 is 1.81 bits per heavy atom. The predicted octanol–water partition coefficient (Wildman–Crippen LogP) is 4.09. The van der Waals surface area contributed by atoms with E-state index in [-0.39, 0.29) is 5.54 Å². The van der Waals surface area contributed by atoms with Crippen molar-refractivity contribution >= 4 is 0 Å². The lowest BCUT2D eigenvalue weighted by Crippen LogP contribution is -2.35. The Balaban J connectivity index is 2.18. The monoisotopic (exact) mass is 291 g/mol. The first kappa shape index (κ1) is 16.5. The molecule has 0 atom stereocenters. The smallest absolute Gasteiger partial charge is 0.0669 e. The van der Waals surface area contributed by atoms with E-state index in [2.05, 4.69) is 44.6 Å². The van der Waals surface area contributed by atoms with Crippen molar-refractivity contribution in [2.75, 3.05) is 0 Å². The largest absolute Gasteiger partial charge is 0.308 e. The molecule has 1 aromatic heterocycles. The Kier molecular flexibility index (Phi) is 5.48. The van der Waals surface area contributed by atoms with Gasteiger partial charge in [-0.2, -0.15) is 5.10 Å². The summed E-state index contributed by atoms with van der Waals surface area (Å²) in [6.45, 7) is 13.3. The molecule has 0 saturated heterocycles. The Bertz CT molecular complexity index is 448. The lowest BCUT2D eigenvalue weighted by atomic mass is 10.0. The summed E-state index contributed by atoms with van der Waals surface area (Å²) in [5.74, 6) is 0.850. The lowest BCUT2D eigenvalue weighted by molar-refractivity contribution is 0.413. The molecule has 0 aromatic carbocycles. The summed E-state index contributed by atoms with van der Waals surface area (Å²) in [6, 6.07) is 0. The highest BCUT2D eigenvalue weighted by atomic mass is 15.3. The van der Waals surface area contributed by atoms with Crippen molar-refractivity contribution in [1.82, 2.24) is 15.1 Å². The lowest BCUT2D eigenvalue weighted by Gasteiger charge is -2.21. The van der Waals surface area contributed by atoms with Crippen LogP contribution in [0.2, 0.25) is 0 Å². The first-order valence-corrected chi connectivity index (χ1v) is 8.77. The van der Waals surface area contributed by atoms with Gasteiger partial charge in [0.05, 0.1) is 5.69 Å². The van der Waals surface area contributed by atoms with Crippen molar-refractivity contribution in [1.29, 1.82) is 0 Å². The number of nitrogens with zero attached hydrogens (tertiary/aromatic N) is 2. The molecule has 1 saturated carbocycles. The van der Waals surface area contributed by atoms with Gasteiger partial charge in [0, 0.05) is 29.9 Å². The van der Waals surface area contributed by atoms with Gasteiger partial charge in [-0.3, -0.25) is 4.68 Å². The third-order valence-electron chi connectivity index (χ3n) is 4.62. The van der Waals surface area contributed by atoms with Gasteiger partial charge in [0.25, 0.3) is 0 Å². The highest BCUT2D eigenvalue weighted by Crippen LogP contribution is 2.27. The zero-order valence-electron chi connectivity index (χ0n) is 14.6. The number of hydrogen-bond donors (Lipinski definition) is 1.